The zero-order chi connectivity index (χ0) is 14.7. The molecule has 0 bridgehead atoms. The first-order valence-electron chi connectivity index (χ1n) is 7.65. The largest absolute Gasteiger partial charge is 0.378 e. The van der Waals surface area contributed by atoms with E-state index in [9.17, 15) is 0 Å². The van der Waals surface area contributed by atoms with Crippen LogP contribution in [0.5, 0.6) is 0 Å². The molecule has 1 saturated heterocycles. The number of rotatable bonds is 2. The number of fused-ring (bicyclic) bond motifs is 1. The van der Waals surface area contributed by atoms with Gasteiger partial charge < -0.3 is 20.3 Å². The van der Waals surface area contributed by atoms with Crippen LogP contribution in [-0.2, 0) is 11.2 Å². The van der Waals surface area contributed by atoms with Crippen LogP contribution in [0.25, 0.3) is 0 Å². The smallest absolute Gasteiger partial charge is 0.191 e. The van der Waals surface area contributed by atoms with Crippen LogP contribution < -0.4 is 10.6 Å². The van der Waals surface area contributed by atoms with Gasteiger partial charge in [0.1, 0.15) is 0 Å². The van der Waals surface area contributed by atoms with E-state index >= 15 is 0 Å². The Morgan fingerprint density at radius 2 is 2.05 bits per heavy atom. The summed E-state index contributed by atoms with van der Waals surface area (Å²) in [7, 11) is 2.15. The van der Waals surface area contributed by atoms with Crippen LogP contribution in [0.15, 0.2) is 29.3 Å². The molecule has 0 saturated carbocycles. The van der Waals surface area contributed by atoms with Gasteiger partial charge in [0, 0.05) is 44.8 Å². The van der Waals surface area contributed by atoms with E-state index in [4.69, 9.17) is 10.5 Å². The average Bonchev–Trinajstić information content (AvgIpc) is 2.53. The van der Waals surface area contributed by atoms with Gasteiger partial charge in [-0.3, -0.25) is 4.99 Å². The molecule has 1 aromatic carbocycles. The molecule has 1 aromatic rings. The molecule has 3 rings (SSSR count). The maximum atomic E-state index is 6.10. The van der Waals surface area contributed by atoms with Gasteiger partial charge in [-0.05, 0) is 18.1 Å². The van der Waals surface area contributed by atoms with Crippen molar-refractivity contribution in [1.29, 1.82) is 0 Å². The van der Waals surface area contributed by atoms with Crippen LogP contribution in [0, 0.1) is 5.92 Å². The molecule has 122 valence electrons. The van der Waals surface area contributed by atoms with Crippen molar-refractivity contribution in [2.24, 2.45) is 16.6 Å². The second kappa shape index (κ2) is 8.01. The summed E-state index contributed by atoms with van der Waals surface area (Å²) in [6, 6.07) is 8.62. The van der Waals surface area contributed by atoms with E-state index in [0.29, 0.717) is 11.9 Å². The molecule has 2 aliphatic rings. The molecule has 2 aliphatic heterocycles. The van der Waals surface area contributed by atoms with Crippen molar-refractivity contribution in [3.8, 4) is 0 Å². The number of nitrogens with zero attached hydrogens (tertiary/aromatic N) is 3. The summed E-state index contributed by atoms with van der Waals surface area (Å²) in [6.45, 7) is 5.02. The van der Waals surface area contributed by atoms with E-state index in [1.54, 1.807) is 0 Å². The molecule has 2 heterocycles. The maximum absolute atomic E-state index is 6.10. The predicted molar refractivity (Wildman–Crippen MR) is 101 cm³/mol. The Labute approximate surface area is 149 Å². The fraction of sp³-hybridized carbons (Fsp3) is 0.562. The van der Waals surface area contributed by atoms with Crippen LogP contribution in [0.1, 0.15) is 5.56 Å². The van der Waals surface area contributed by atoms with Gasteiger partial charge in [0.2, 0.25) is 0 Å². The first-order chi connectivity index (χ1) is 10.2. The topological polar surface area (TPSA) is 54.1 Å². The van der Waals surface area contributed by atoms with Crippen molar-refractivity contribution >= 4 is 35.6 Å². The number of hydrogen-bond donors (Lipinski definition) is 1. The van der Waals surface area contributed by atoms with E-state index < -0.39 is 0 Å². The van der Waals surface area contributed by atoms with Crippen molar-refractivity contribution in [2.75, 3.05) is 51.3 Å². The summed E-state index contributed by atoms with van der Waals surface area (Å²) < 4.78 is 5.34. The number of anilines is 1. The number of morpholine rings is 1. The van der Waals surface area contributed by atoms with Crippen molar-refractivity contribution in [1.82, 2.24) is 4.90 Å². The SMILES string of the molecule is CN1CC(CN=C(N)N2CCOCC2)Cc2ccccc21.I. The lowest BCUT2D eigenvalue weighted by atomic mass is 9.93. The molecular weight excluding hydrogens is 391 g/mol. The van der Waals surface area contributed by atoms with Crippen LogP contribution in [0.3, 0.4) is 0 Å². The number of hydrogen-bond acceptors (Lipinski definition) is 3. The normalized spacial score (nSPS) is 22.0. The van der Waals surface area contributed by atoms with Gasteiger partial charge in [-0.1, -0.05) is 18.2 Å². The third-order valence-corrected chi connectivity index (χ3v) is 4.29. The van der Waals surface area contributed by atoms with Crippen LogP contribution in [0.4, 0.5) is 5.69 Å². The van der Waals surface area contributed by atoms with E-state index in [1.165, 1.54) is 11.3 Å². The third kappa shape index (κ3) is 4.04. The van der Waals surface area contributed by atoms with Gasteiger partial charge >= 0.3 is 0 Å². The van der Waals surface area contributed by atoms with Crippen LogP contribution >= 0.6 is 24.0 Å². The van der Waals surface area contributed by atoms with E-state index in [0.717, 1.165) is 45.8 Å². The van der Waals surface area contributed by atoms with Crippen molar-refractivity contribution in [3.63, 3.8) is 0 Å². The van der Waals surface area contributed by atoms with E-state index in [1.807, 2.05) is 0 Å². The average molecular weight is 416 g/mol. The van der Waals surface area contributed by atoms with Gasteiger partial charge in [0.25, 0.3) is 0 Å². The van der Waals surface area contributed by atoms with E-state index in [2.05, 4.69) is 46.1 Å². The molecule has 0 radical (unpaired) electrons. The highest BCUT2D eigenvalue weighted by Gasteiger charge is 2.22. The molecule has 0 aliphatic carbocycles. The standard InChI is InChI=1S/C16H24N4O.HI/c1-19-12-13(10-14-4-2-3-5-15(14)19)11-18-16(17)20-6-8-21-9-7-20;/h2-5,13H,6-12H2,1H3,(H2,17,18);1H. The van der Waals surface area contributed by atoms with Gasteiger partial charge in [0.15, 0.2) is 5.96 Å². The van der Waals surface area contributed by atoms with Crippen molar-refractivity contribution in [2.45, 2.75) is 6.42 Å². The first kappa shape index (κ1) is 17.3. The minimum Gasteiger partial charge on any atom is -0.378 e. The molecule has 2 N–H and O–H groups in total. The van der Waals surface area contributed by atoms with Crippen molar-refractivity contribution < 1.29 is 4.74 Å². The summed E-state index contributed by atoms with van der Waals surface area (Å²) in [6.07, 6.45) is 1.08. The maximum Gasteiger partial charge on any atom is 0.191 e. The highest BCUT2D eigenvalue weighted by atomic mass is 127. The van der Waals surface area contributed by atoms with Gasteiger partial charge in [-0.15, -0.1) is 24.0 Å². The molecule has 5 nitrogen and oxygen atoms in total. The van der Waals surface area contributed by atoms with Crippen molar-refractivity contribution in [3.05, 3.63) is 29.8 Å². The molecular formula is C16H25IN4O. The Bertz CT molecular complexity index is 517. The molecule has 1 fully saturated rings. The molecule has 0 amide bonds. The lowest BCUT2D eigenvalue weighted by Crippen LogP contribution is -2.45. The zero-order valence-corrected chi connectivity index (χ0v) is 15.4. The molecule has 1 unspecified atom stereocenters. The Morgan fingerprint density at radius 3 is 2.82 bits per heavy atom. The number of halogens is 1. The minimum atomic E-state index is 0. The fourth-order valence-corrected chi connectivity index (χ4v) is 3.15. The van der Waals surface area contributed by atoms with Crippen LogP contribution in [-0.4, -0.2) is 57.3 Å². The minimum absolute atomic E-state index is 0. The number of nitrogens with two attached hydrogens (primary N) is 1. The van der Waals surface area contributed by atoms with Gasteiger partial charge in [0.05, 0.1) is 13.2 Å². The molecule has 0 aromatic heterocycles. The quantitative estimate of drug-likeness (QED) is 0.452. The zero-order valence-electron chi connectivity index (χ0n) is 13.1. The summed E-state index contributed by atoms with van der Waals surface area (Å²) in [5.41, 5.74) is 8.86. The van der Waals surface area contributed by atoms with Gasteiger partial charge in [-0.2, -0.15) is 0 Å². The number of benzene rings is 1. The summed E-state index contributed by atoms with van der Waals surface area (Å²) in [5.74, 6) is 1.20. The second-order valence-corrected chi connectivity index (χ2v) is 5.88. The molecule has 22 heavy (non-hydrogen) atoms. The molecule has 0 spiro atoms. The Hall–Kier alpha value is -1.02. The fourth-order valence-electron chi connectivity index (χ4n) is 3.15. The number of aliphatic imine (C=N–C) groups is 1. The summed E-state index contributed by atoms with van der Waals surface area (Å²) >= 11 is 0. The number of para-hydroxylation sites is 1. The van der Waals surface area contributed by atoms with E-state index in [-0.39, 0.29) is 24.0 Å². The Morgan fingerprint density at radius 1 is 1.32 bits per heavy atom. The summed E-state index contributed by atoms with van der Waals surface area (Å²) in [4.78, 5) is 9.06. The second-order valence-electron chi connectivity index (χ2n) is 5.88. The van der Waals surface area contributed by atoms with Crippen LogP contribution in [0.2, 0.25) is 0 Å². The van der Waals surface area contributed by atoms with Gasteiger partial charge in [-0.25, -0.2) is 0 Å². The molecule has 1 atom stereocenters. The molecule has 6 heteroatoms. The predicted octanol–water partition coefficient (Wildman–Crippen LogP) is 1.56. The lowest BCUT2D eigenvalue weighted by Gasteiger charge is -2.33. The highest BCUT2D eigenvalue weighted by Crippen LogP contribution is 2.28. The monoisotopic (exact) mass is 416 g/mol. The number of ether oxygens (including phenoxy) is 1. The highest BCUT2D eigenvalue weighted by molar-refractivity contribution is 14.0. The Balaban J connectivity index is 0.00000176. The summed E-state index contributed by atoms with van der Waals surface area (Å²) in [5, 5.41) is 0. The Kier molecular flexibility index (Phi) is 6.31. The number of guanidine groups is 1. The third-order valence-electron chi connectivity index (χ3n) is 4.29. The first-order valence-corrected chi connectivity index (χ1v) is 7.65. The lowest BCUT2D eigenvalue weighted by molar-refractivity contribution is 0.0674.